The molecule has 0 bridgehead atoms. The molecule has 8 heteroatoms. The van der Waals surface area contributed by atoms with Crippen LogP contribution in [0.25, 0.3) is 0 Å². The molecule has 2 amide bonds. The molecule has 0 spiro atoms. The minimum Gasteiger partial charge on any atom is -0.481 e. The van der Waals surface area contributed by atoms with E-state index in [-0.39, 0.29) is 24.4 Å². The number of urea groups is 1. The molecule has 0 radical (unpaired) electrons. The van der Waals surface area contributed by atoms with E-state index >= 15 is 0 Å². The molecule has 0 saturated carbocycles. The number of carboxylic acid groups (broad SMARTS) is 1. The van der Waals surface area contributed by atoms with Crippen molar-refractivity contribution in [3.8, 4) is 0 Å². The van der Waals surface area contributed by atoms with Gasteiger partial charge in [0.25, 0.3) is 0 Å². The number of carbonyl (C=O) groups excluding carboxylic acids is 1. The van der Waals surface area contributed by atoms with E-state index in [1.807, 2.05) is 30.3 Å². The third-order valence-corrected chi connectivity index (χ3v) is 5.03. The van der Waals surface area contributed by atoms with Crippen molar-refractivity contribution < 1.29 is 19.2 Å². The number of amides is 2. The molecule has 1 unspecified atom stereocenters. The van der Waals surface area contributed by atoms with Gasteiger partial charge in [-0.05, 0) is 38.2 Å². The Balaban J connectivity index is 1.54. The number of hydrogen-bond acceptors (Lipinski definition) is 5. The van der Waals surface area contributed by atoms with Gasteiger partial charge in [0.2, 0.25) is 5.89 Å². The van der Waals surface area contributed by atoms with Gasteiger partial charge >= 0.3 is 12.0 Å². The van der Waals surface area contributed by atoms with E-state index in [0.29, 0.717) is 37.6 Å². The van der Waals surface area contributed by atoms with Crippen molar-refractivity contribution >= 4 is 12.0 Å². The first-order chi connectivity index (χ1) is 13.5. The number of likely N-dealkylation sites (tertiary alicyclic amines) is 1. The topological polar surface area (TPSA) is 109 Å². The predicted octanol–water partition coefficient (Wildman–Crippen LogP) is 2.74. The Kier molecular flexibility index (Phi) is 6.62. The van der Waals surface area contributed by atoms with Gasteiger partial charge < -0.3 is 19.8 Å². The van der Waals surface area contributed by atoms with Crippen molar-refractivity contribution in [2.45, 2.75) is 51.0 Å². The highest BCUT2D eigenvalue weighted by Crippen LogP contribution is 2.26. The molecular weight excluding hydrogens is 360 g/mol. The van der Waals surface area contributed by atoms with Crippen LogP contribution < -0.4 is 5.32 Å². The second kappa shape index (κ2) is 9.34. The molecule has 3 rings (SSSR count). The van der Waals surface area contributed by atoms with Gasteiger partial charge in [-0.2, -0.15) is 4.98 Å². The van der Waals surface area contributed by atoms with Gasteiger partial charge in [0.15, 0.2) is 5.82 Å². The van der Waals surface area contributed by atoms with E-state index in [9.17, 15) is 9.59 Å². The molecule has 1 saturated heterocycles. The van der Waals surface area contributed by atoms with E-state index in [1.54, 1.807) is 11.8 Å². The molecule has 0 aliphatic carbocycles. The van der Waals surface area contributed by atoms with Gasteiger partial charge in [-0.15, -0.1) is 0 Å². The summed E-state index contributed by atoms with van der Waals surface area (Å²) in [6.45, 7) is 3.00. The molecule has 1 aromatic heterocycles. The third kappa shape index (κ3) is 5.55. The fourth-order valence-corrected chi connectivity index (χ4v) is 3.50. The minimum absolute atomic E-state index is 0.0242. The Morgan fingerprint density at radius 3 is 2.61 bits per heavy atom. The highest BCUT2D eigenvalue weighted by atomic mass is 16.5. The molecule has 1 fully saturated rings. The predicted molar refractivity (Wildman–Crippen MR) is 102 cm³/mol. The van der Waals surface area contributed by atoms with Crippen molar-refractivity contribution in [2.24, 2.45) is 0 Å². The van der Waals surface area contributed by atoms with Crippen LogP contribution in [0.1, 0.15) is 48.9 Å². The Hall–Kier alpha value is -2.90. The number of carbonyl (C=O) groups is 2. The van der Waals surface area contributed by atoms with E-state index < -0.39 is 5.97 Å². The largest absolute Gasteiger partial charge is 0.481 e. The molecule has 1 aliphatic heterocycles. The zero-order valence-corrected chi connectivity index (χ0v) is 16.0. The highest BCUT2D eigenvalue weighted by molar-refractivity contribution is 5.75. The van der Waals surface area contributed by atoms with E-state index in [1.165, 1.54) is 0 Å². The van der Waals surface area contributed by atoms with Crippen LogP contribution in [0.4, 0.5) is 4.79 Å². The van der Waals surface area contributed by atoms with Gasteiger partial charge in [-0.3, -0.25) is 4.79 Å². The summed E-state index contributed by atoms with van der Waals surface area (Å²) in [6.07, 6.45) is 2.57. The van der Waals surface area contributed by atoms with E-state index in [4.69, 9.17) is 9.63 Å². The van der Waals surface area contributed by atoms with Crippen LogP contribution in [-0.4, -0.2) is 51.3 Å². The van der Waals surface area contributed by atoms with Crippen LogP contribution in [0, 0.1) is 6.92 Å². The summed E-state index contributed by atoms with van der Waals surface area (Å²) in [5.41, 5.74) is 1.07. The first-order valence-electron chi connectivity index (χ1n) is 9.62. The maximum atomic E-state index is 12.7. The molecule has 1 aromatic carbocycles. The summed E-state index contributed by atoms with van der Waals surface area (Å²) in [7, 11) is 0. The molecule has 28 heavy (non-hydrogen) atoms. The maximum absolute atomic E-state index is 12.7. The van der Waals surface area contributed by atoms with Gasteiger partial charge in [0, 0.05) is 31.5 Å². The SMILES string of the molecule is Cc1noc(C2CCN(C(=O)NC(CCC(=O)O)Cc3ccccc3)CC2)n1. The molecule has 2 N–H and O–H groups in total. The average Bonchev–Trinajstić information content (AvgIpc) is 3.13. The number of aliphatic carboxylic acids is 1. The second-order valence-corrected chi connectivity index (χ2v) is 7.21. The number of rotatable bonds is 7. The monoisotopic (exact) mass is 386 g/mol. The third-order valence-electron chi connectivity index (χ3n) is 5.03. The molecule has 8 nitrogen and oxygen atoms in total. The lowest BCUT2D eigenvalue weighted by molar-refractivity contribution is -0.137. The zero-order chi connectivity index (χ0) is 19.9. The van der Waals surface area contributed by atoms with Gasteiger partial charge in [-0.1, -0.05) is 35.5 Å². The Bertz CT molecular complexity index is 785. The highest BCUT2D eigenvalue weighted by Gasteiger charge is 2.28. The zero-order valence-electron chi connectivity index (χ0n) is 16.0. The maximum Gasteiger partial charge on any atom is 0.317 e. The fourth-order valence-electron chi connectivity index (χ4n) is 3.50. The minimum atomic E-state index is -0.858. The van der Waals surface area contributed by atoms with Crippen LogP contribution in [-0.2, 0) is 11.2 Å². The van der Waals surface area contributed by atoms with E-state index in [0.717, 1.165) is 18.4 Å². The fraction of sp³-hybridized carbons (Fsp3) is 0.500. The number of benzene rings is 1. The first-order valence-corrected chi connectivity index (χ1v) is 9.62. The number of carboxylic acids is 1. The van der Waals surface area contributed by atoms with Crippen LogP contribution in [0.3, 0.4) is 0 Å². The number of aromatic nitrogens is 2. The summed E-state index contributed by atoms with van der Waals surface area (Å²) >= 11 is 0. The van der Waals surface area contributed by atoms with Gasteiger partial charge in [0.05, 0.1) is 0 Å². The van der Waals surface area contributed by atoms with Crippen molar-refractivity contribution in [1.82, 2.24) is 20.4 Å². The number of aryl methyl sites for hydroxylation is 1. The number of hydrogen-bond donors (Lipinski definition) is 2. The normalized spacial score (nSPS) is 16.0. The van der Waals surface area contributed by atoms with E-state index in [2.05, 4.69) is 15.5 Å². The quantitative estimate of drug-likeness (QED) is 0.757. The Morgan fingerprint density at radius 1 is 1.29 bits per heavy atom. The number of nitrogens with one attached hydrogen (secondary N) is 1. The number of nitrogens with zero attached hydrogens (tertiary/aromatic N) is 3. The lowest BCUT2D eigenvalue weighted by atomic mass is 9.97. The molecule has 2 heterocycles. The van der Waals surface area contributed by atoms with Crippen molar-refractivity contribution in [1.29, 1.82) is 0 Å². The van der Waals surface area contributed by atoms with Crippen molar-refractivity contribution in [2.75, 3.05) is 13.1 Å². The van der Waals surface area contributed by atoms with Crippen LogP contribution in [0.15, 0.2) is 34.9 Å². The first kappa shape index (κ1) is 19.9. The second-order valence-electron chi connectivity index (χ2n) is 7.21. The molecule has 2 aromatic rings. The summed E-state index contributed by atoms with van der Waals surface area (Å²) in [6, 6.07) is 9.41. The lowest BCUT2D eigenvalue weighted by Gasteiger charge is -2.32. The Labute approximate surface area is 163 Å². The Morgan fingerprint density at radius 2 is 2.00 bits per heavy atom. The molecule has 150 valence electrons. The van der Waals surface area contributed by atoms with Crippen molar-refractivity contribution in [3.63, 3.8) is 0 Å². The average molecular weight is 386 g/mol. The van der Waals surface area contributed by atoms with Gasteiger partial charge in [0.1, 0.15) is 0 Å². The van der Waals surface area contributed by atoms with Crippen LogP contribution in [0.5, 0.6) is 0 Å². The number of piperidine rings is 1. The standard InChI is InChI=1S/C20H26N4O4/c1-14-21-19(28-23-14)16-9-11-24(12-10-16)20(27)22-17(7-8-18(25)26)13-15-5-3-2-4-6-15/h2-6,16-17H,7-13H2,1H3,(H,22,27)(H,25,26). The van der Waals surface area contributed by atoms with Crippen molar-refractivity contribution in [3.05, 3.63) is 47.6 Å². The summed E-state index contributed by atoms with van der Waals surface area (Å²) in [5.74, 6) is 0.582. The van der Waals surface area contributed by atoms with Crippen LogP contribution >= 0.6 is 0 Å². The molecule has 1 atom stereocenters. The summed E-state index contributed by atoms with van der Waals surface area (Å²) < 4.78 is 5.25. The smallest absolute Gasteiger partial charge is 0.317 e. The summed E-state index contributed by atoms with van der Waals surface area (Å²) in [5, 5.41) is 15.9. The van der Waals surface area contributed by atoms with Crippen LogP contribution in [0.2, 0.25) is 0 Å². The summed E-state index contributed by atoms with van der Waals surface area (Å²) in [4.78, 5) is 29.7. The molecule has 1 aliphatic rings. The van der Waals surface area contributed by atoms with Gasteiger partial charge in [-0.25, -0.2) is 4.79 Å². The lowest BCUT2D eigenvalue weighted by Crippen LogP contribution is -2.48. The molecular formula is C20H26N4O4.